The molecule has 0 aromatic heterocycles. The highest BCUT2D eigenvalue weighted by molar-refractivity contribution is 7.27. The number of halogens is 2. The van der Waals surface area contributed by atoms with Crippen LogP contribution in [0.25, 0.3) is 0 Å². The van der Waals surface area contributed by atoms with Gasteiger partial charge in [0.2, 0.25) is 0 Å². The molecule has 52 valence electrons. The molecule has 1 aromatic carbocycles. The van der Waals surface area contributed by atoms with Gasteiger partial charge in [-0.05, 0) is 5.30 Å². The van der Waals surface area contributed by atoms with Crippen LogP contribution in [0.3, 0.4) is 0 Å². The van der Waals surface area contributed by atoms with Gasteiger partial charge in [-0.2, -0.15) is 0 Å². The van der Waals surface area contributed by atoms with Crippen LogP contribution in [-0.4, -0.2) is 0 Å². The lowest BCUT2D eigenvalue weighted by molar-refractivity contribution is -0.00100. The van der Waals surface area contributed by atoms with Gasteiger partial charge in [-0.1, -0.05) is 30.3 Å². The molecular formula is C6H7Cl2P-2. The SMILES string of the molecule is Pc1ccccc1.[Cl-].[Cl-]. The van der Waals surface area contributed by atoms with Crippen LogP contribution < -0.4 is 30.1 Å². The summed E-state index contributed by atoms with van der Waals surface area (Å²) in [6.45, 7) is 0. The molecule has 1 aromatic rings. The van der Waals surface area contributed by atoms with Crippen LogP contribution in [0, 0.1) is 0 Å². The zero-order valence-corrected chi connectivity index (χ0v) is 7.39. The van der Waals surface area contributed by atoms with Crippen LogP contribution in [0.4, 0.5) is 0 Å². The van der Waals surface area contributed by atoms with E-state index >= 15 is 0 Å². The molecule has 1 atom stereocenters. The number of hydrogen-bond donors (Lipinski definition) is 0. The van der Waals surface area contributed by atoms with Gasteiger partial charge in [0, 0.05) is 0 Å². The Morgan fingerprint density at radius 2 is 1.33 bits per heavy atom. The molecule has 0 saturated carbocycles. The largest absolute Gasteiger partial charge is 1.00 e. The van der Waals surface area contributed by atoms with Gasteiger partial charge >= 0.3 is 0 Å². The smallest absolute Gasteiger partial charge is 0.0303 e. The van der Waals surface area contributed by atoms with Crippen molar-refractivity contribution in [2.75, 3.05) is 0 Å². The molecule has 0 radical (unpaired) electrons. The second kappa shape index (κ2) is 6.35. The van der Waals surface area contributed by atoms with Crippen molar-refractivity contribution in [2.24, 2.45) is 0 Å². The Morgan fingerprint density at radius 3 is 1.56 bits per heavy atom. The molecule has 0 nitrogen and oxygen atoms in total. The van der Waals surface area contributed by atoms with Crippen molar-refractivity contribution in [1.29, 1.82) is 0 Å². The summed E-state index contributed by atoms with van der Waals surface area (Å²) in [5, 5.41) is 1.24. The Balaban J connectivity index is 0. The fourth-order valence-corrected chi connectivity index (χ4v) is 0.675. The van der Waals surface area contributed by atoms with E-state index in [-0.39, 0.29) is 24.8 Å². The van der Waals surface area contributed by atoms with Crippen molar-refractivity contribution in [2.45, 2.75) is 0 Å². The molecule has 0 aliphatic carbocycles. The number of hydrogen-bond acceptors (Lipinski definition) is 0. The molecular weight excluding hydrogens is 174 g/mol. The van der Waals surface area contributed by atoms with Gasteiger partial charge in [0.25, 0.3) is 0 Å². The molecule has 0 N–H and O–H groups in total. The van der Waals surface area contributed by atoms with Crippen molar-refractivity contribution in [3.63, 3.8) is 0 Å². The molecule has 0 heterocycles. The highest BCUT2D eigenvalue weighted by Crippen LogP contribution is 1.86. The van der Waals surface area contributed by atoms with Gasteiger partial charge in [0.1, 0.15) is 0 Å². The van der Waals surface area contributed by atoms with Crippen molar-refractivity contribution < 1.29 is 24.8 Å². The average Bonchev–Trinajstić information content (AvgIpc) is 1.69. The lowest BCUT2D eigenvalue weighted by atomic mass is 10.4. The Labute approximate surface area is 70.1 Å². The van der Waals surface area contributed by atoms with Crippen LogP contribution in [0.15, 0.2) is 30.3 Å². The standard InChI is InChI=1S/C6H7P.2ClH/c7-6-4-2-1-3-5-6;;/h1-5H,7H2;2*1H/p-2. The minimum absolute atomic E-state index is 0. The Morgan fingerprint density at radius 1 is 0.889 bits per heavy atom. The lowest BCUT2D eigenvalue weighted by Crippen LogP contribution is -3.00. The zero-order valence-electron chi connectivity index (χ0n) is 4.72. The third kappa shape index (κ3) is 4.72. The Bertz CT molecular complexity index is 141. The number of rotatable bonds is 0. The first kappa shape index (κ1) is 12.0. The maximum Gasteiger partial charge on any atom is -0.0303 e. The van der Waals surface area contributed by atoms with E-state index in [0.717, 1.165) is 0 Å². The third-order valence-corrected chi connectivity index (χ3v) is 1.18. The van der Waals surface area contributed by atoms with E-state index in [1.807, 2.05) is 30.3 Å². The highest BCUT2D eigenvalue weighted by atomic mass is 35.5. The second-order valence-corrected chi connectivity index (χ2v) is 2.08. The molecule has 1 rings (SSSR count). The summed E-state index contributed by atoms with van der Waals surface area (Å²) < 4.78 is 0. The molecule has 1 unspecified atom stereocenters. The minimum Gasteiger partial charge on any atom is -1.00 e. The van der Waals surface area contributed by atoms with Crippen molar-refractivity contribution in [1.82, 2.24) is 0 Å². The minimum atomic E-state index is 0. The van der Waals surface area contributed by atoms with Crippen LogP contribution in [0.2, 0.25) is 0 Å². The Hall–Kier alpha value is 0.230. The summed E-state index contributed by atoms with van der Waals surface area (Å²) in [5.74, 6) is 0. The van der Waals surface area contributed by atoms with Gasteiger partial charge in [-0.25, -0.2) is 0 Å². The van der Waals surface area contributed by atoms with Crippen molar-refractivity contribution in [3.8, 4) is 0 Å². The summed E-state index contributed by atoms with van der Waals surface area (Å²) in [4.78, 5) is 0. The fraction of sp³-hybridized carbons (Fsp3) is 0. The van der Waals surface area contributed by atoms with E-state index < -0.39 is 0 Å². The topological polar surface area (TPSA) is 0 Å². The van der Waals surface area contributed by atoms with Crippen LogP contribution in [0.1, 0.15) is 0 Å². The first-order valence-corrected chi connectivity index (χ1v) is 2.78. The average molecular weight is 181 g/mol. The molecule has 0 aliphatic heterocycles. The van der Waals surface area contributed by atoms with Gasteiger partial charge in [-0.3, -0.25) is 0 Å². The first-order chi connectivity index (χ1) is 3.39. The predicted molar refractivity (Wildman–Crippen MR) is 35.8 cm³/mol. The summed E-state index contributed by atoms with van der Waals surface area (Å²) in [6, 6.07) is 10.1. The molecule has 0 spiro atoms. The van der Waals surface area contributed by atoms with Crippen LogP contribution in [-0.2, 0) is 0 Å². The molecule has 0 bridgehead atoms. The van der Waals surface area contributed by atoms with Gasteiger partial charge in [0.15, 0.2) is 0 Å². The normalized spacial score (nSPS) is 6.78. The highest BCUT2D eigenvalue weighted by Gasteiger charge is 1.72. The van der Waals surface area contributed by atoms with Crippen molar-refractivity contribution >= 4 is 14.5 Å². The quantitative estimate of drug-likeness (QED) is 0.352. The van der Waals surface area contributed by atoms with E-state index in [1.54, 1.807) is 0 Å². The maximum absolute atomic E-state index is 2.63. The first-order valence-electron chi connectivity index (χ1n) is 2.20. The molecule has 0 aliphatic rings. The van der Waals surface area contributed by atoms with Crippen LogP contribution >= 0.6 is 9.24 Å². The van der Waals surface area contributed by atoms with Crippen LogP contribution in [0.5, 0.6) is 0 Å². The van der Waals surface area contributed by atoms with Gasteiger partial charge in [-0.15, -0.1) is 9.24 Å². The molecule has 0 fully saturated rings. The predicted octanol–water partition coefficient (Wildman–Crippen LogP) is -4.80. The Kier molecular flexibility index (Phi) is 8.44. The molecule has 0 amide bonds. The maximum atomic E-state index is 2.63. The van der Waals surface area contributed by atoms with Gasteiger partial charge in [0.05, 0.1) is 0 Å². The fourth-order valence-electron chi connectivity index (χ4n) is 0.453. The van der Waals surface area contributed by atoms with Gasteiger partial charge < -0.3 is 24.8 Å². The molecule has 0 saturated heterocycles. The summed E-state index contributed by atoms with van der Waals surface area (Å²) >= 11 is 0. The summed E-state index contributed by atoms with van der Waals surface area (Å²) in [7, 11) is 2.63. The lowest BCUT2D eigenvalue weighted by Gasteiger charge is -1.82. The van der Waals surface area contributed by atoms with E-state index in [4.69, 9.17) is 0 Å². The number of benzene rings is 1. The zero-order chi connectivity index (χ0) is 5.11. The molecule has 3 heteroatoms. The third-order valence-electron chi connectivity index (χ3n) is 0.800. The van der Waals surface area contributed by atoms with Crippen molar-refractivity contribution in [3.05, 3.63) is 30.3 Å². The summed E-state index contributed by atoms with van der Waals surface area (Å²) in [6.07, 6.45) is 0. The monoisotopic (exact) mass is 180 g/mol. The van der Waals surface area contributed by atoms with E-state index in [0.29, 0.717) is 0 Å². The van der Waals surface area contributed by atoms with E-state index in [1.165, 1.54) is 5.30 Å². The molecule has 9 heavy (non-hydrogen) atoms. The van der Waals surface area contributed by atoms with E-state index in [9.17, 15) is 0 Å². The van der Waals surface area contributed by atoms with E-state index in [2.05, 4.69) is 9.24 Å². The second-order valence-electron chi connectivity index (χ2n) is 1.41. The summed E-state index contributed by atoms with van der Waals surface area (Å²) in [5.41, 5.74) is 0.